The fraction of sp³-hybridized carbons (Fsp3) is 0.846. The average Bonchev–Trinajstić information content (AvgIpc) is 2.87. The normalized spacial score (nSPS) is 32.5. The minimum Gasteiger partial charge on any atom is -0.368 e. The van der Waals surface area contributed by atoms with Crippen molar-refractivity contribution < 1.29 is 9.59 Å². The summed E-state index contributed by atoms with van der Waals surface area (Å²) < 4.78 is 0. The molecule has 0 aliphatic carbocycles. The SMILES string of the molecule is CCC1(C(=O)N2CCCCC2C(N)=O)CCCN1. The Kier molecular flexibility index (Phi) is 3.90. The quantitative estimate of drug-likeness (QED) is 0.763. The molecule has 0 radical (unpaired) electrons. The van der Waals surface area contributed by atoms with Crippen molar-refractivity contribution in [2.45, 2.75) is 57.0 Å². The molecule has 0 aromatic carbocycles. The highest BCUT2D eigenvalue weighted by Gasteiger charge is 2.44. The van der Waals surface area contributed by atoms with Gasteiger partial charge in [0.05, 0.1) is 5.54 Å². The van der Waals surface area contributed by atoms with Crippen LogP contribution >= 0.6 is 0 Å². The van der Waals surface area contributed by atoms with E-state index in [-0.39, 0.29) is 11.8 Å². The van der Waals surface area contributed by atoms with E-state index in [2.05, 4.69) is 5.32 Å². The van der Waals surface area contributed by atoms with E-state index in [1.165, 1.54) is 0 Å². The lowest BCUT2D eigenvalue weighted by molar-refractivity contribution is -0.146. The van der Waals surface area contributed by atoms with Crippen molar-refractivity contribution in [2.75, 3.05) is 13.1 Å². The highest BCUT2D eigenvalue weighted by molar-refractivity contribution is 5.92. The molecule has 0 bridgehead atoms. The van der Waals surface area contributed by atoms with E-state index in [0.29, 0.717) is 13.0 Å². The number of nitrogens with zero attached hydrogens (tertiary/aromatic N) is 1. The van der Waals surface area contributed by atoms with Gasteiger partial charge in [-0.2, -0.15) is 0 Å². The fourth-order valence-electron chi connectivity index (χ4n) is 3.19. The zero-order valence-electron chi connectivity index (χ0n) is 11.1. The molecule has 0 saturated carbocycles. The number of amides is 2. The van der Waals surface area contributed by atoms with Gasteiger partial charge in [0.2, 0.25) is 11.8 Å². The van der Waals surface area contributed by atoms with Crippen LogP contribution in [0.3, 0.4) is 0 Å². The number of carbonyl (C=O) groups excluding carboxylic acids is 2. The van der Waals surface area contributed by atoms with Crippen LogP contribution in [0.25, 0.3) is 0 Å². The minimum atomic E-state index is -0.453. The molecule has 2 unspecified atom stereocenters. The Hall–Kier alpha value is -1.10. The van der Waals surface area contributed by atoms with Gasteiger partial charge in [-0.3, -0.25) is 9.59 Å². The Balaban J connectivity index is 2.17. The Morgan fingerprint density at radius 1 is 1.39 bits per heavy atom. The second kappa shape index (κ2) is 5.26. The van der Waals surface area contributed by atoms with Gasteiger partial charge in [-0.25, -0.2) is 0 Å². The van der Waals surface area contributed by atoms with Crippen molar-refractivity contribution in [3.63, 3.8) is 0 Å². The average molecular weight is 253 g/mol. The van der Waals surface area contributed by atoms with Crippen LogP contribution in [-0.4, -0.2) is 41.4 Å². The molecular weight excluding hydrogens is 230 g/mol. The van der Waals surface area contributed by atoms with E-state index >= 15 is 0 Å². The molecule has 0 aromatic heterocycles. The van der Waals surface area contributed by atoms with E-state index in [0.717, 1.165) is 38.6 Å². The first kappa shape index (κ1) is 13.3. The van der Waals surface area contributed by atoms with E-state index in [1.54, 1.807) is 4.90 Å². The van der Waals surface area contributed by atoms with Crippen molar-refractivity contribution in [1.29, 1.82) is 0 Å². The molecule has 2 fully saturated rings. The van der Waals surface area contributed by atoms with Crippen molar-refractivity contribution in [1.82, 2.24) is 10.2 Å². The number of piperidine rings is 1. The topological polar surface area (TPSA) is 75.4 Å². The molecule has 2 aliphatic heterocycles. The number of likely N-dealkylation sites (tertiary alicyclic amines) is 1. The van der Waals surface area contributed by atoms with Gasteiger partial charge in [-0.1, -0.05) is 6.92 Å². The predicted octanol–water partition coefficient (Wildman–Crippen LogP) is 0.385. The molecule has 2 heterocycles. The Morgan fingerprint density at radius 3 is 2.72 bits per heavy atom. The number of hydrogen-bond donors (Lipinski definition) is 2. The zero-order chi connectivity index (χ0) is 13.2. The monoisotopic (exact) mass is 253 g/mol. The fourth-order valence-corrected chi connectivity index (χ4v) is 3.19. The van der Waals surface area contributed by atoms with Crippen LogP contribution in [0, 0.1) is 0 Å². The van der Waals surface area contributed by atoms with Gasteiger partial charge < -0.3 is 16.0 Å². The van der Waals surface area contributed by atoms with Crippen LogP contribution < -0.4 is 11.1 Å². The molecule has 5 heteroatoms. The lowest BCUT2D eigenvalue weighted by Crippen LogP contribution is -2.60. The van der Waals surface area contributed by atoms with Gasteiger partial charge in [0.25, 0.3) is 0 Å². The highest BCUT2D eigenvalue weighted by Crippen LogP contribution is 2.28. The minimum absolute atomic E-state index is 0.0750. The standard InChI is InChI=1S/C13H23N3O2/c1-2-13(7-5-8-15-13)12(18)16-9-4-3-6-10(16)11(14)17/h10,15H,2-9H2,1H3,(H2,14,17). The summed E-state index contributed by atoms with van der Waals surface area (Å²) in [6.07, 6.45) is 5.31. The molecule has 18 heavy (non-hydrogen) atoms. The lowest BCUT2D eigenvalue weighted by atomic mass is 9.90. The first-order valence-corrected chi connectivity index (χ1v) is 6.96. The van der Waals surface area contributed by atoms with Crippen LogP contribution in [0.4, 0.5) is 0 Å². The Bertz CT molecular complexity index is 337. The van der Waals surface area contributed by atoms with Gasteiger partial charge in [0.1, 0.15) is 6.04 Å². The number of rotatable bonds is 3. The van der Waals surface area contributed by atoms with Gasteiger partial charge in [0.15, 0.2) is 0 Å². The number of nitrogens with one attached hydrogen (secondary N) is 1. The number of carbonyl (C=O) groups is 2. The third-order valence-electron chi connectivity index (χ3n) is 4.35. The maximum Gasteiger partial charge on any atom is 0.243 e. The highest BCUT2D eigenvalue weighted by atomic mass is 16.2. The third-order valence-corrected chi connectivity index (χ3v) is 4.35. The van der Waals surface area contributed by atoms with Gasteiger partial charge in [-0.15, -0.1) is 0 Å². The van der Waals surface area contributed by atoms with Gasteiger partial charge >= 0.3 is 0 Å². The van der Waals surface area contributed by atoms with Crippen LogP contribution in [-0.2, 0) is 9.59 Å². The van der Waals surface area contributed by atoms with Crippen molar-refractivity contribution in [3.05, 3.63) is 0 Å². The summed E-state index contributed by atoms with van der Waals surface area (Å²) in [7, 11) is 0. The largest absolute Gasteiger partial charge is 0.368 e. The summed E-state index contributed by atoms with van der Waals surface area (Å²) in [4.78, 5) is 25.9. The summed E-state index contributed by atoms with van der Waals surface area (Å²) in [6.45, 7) is 3.57. The van der Waals surface area contributed by atoms with E-state index in [9.17, 15) is 9.59 Å². The van der Waals surface area contributed by atoms with Gasteiger partial charge in [0, 0.05) is 6.54 Å². The number of primary amides is 1. The predicted molar refractivity (Wildman–Crippen MR) is 68.8 cm³/mol. The molecular formula is C13H23N3O2. The van der Waals surface area contributed by atoms with Crippen LogP contribution in [0.5, 0.6) is 0 Å². The van der Waals surface area contributed by atoms with Crippen molar-refractivity contribution in [3.8, 4) is 0 Å². The smallest absolute Gasteiger partial charge is 0.243 e. The molecule has 2 rings (SSSR count). The Labute approximate surface area is 108 Å². The zero-order valence-corrected chi connectivity index (χ0v) is 11.1. The molecule has 2 saturated heterocycles. The maximum atomic E-state index is 12.7. The molecule has 3 N–H and O–H groups in total. The number of hydrogen-bond acceptors (Lipinski definition) is 3. The van der Waals surface area contributed by atoms with Crippen LogP contribution in [0.15, 0.2) is 0 Å². The molecule has 5 nitrogen and oxygen atoms in total. The summed E-state index contributed by atoms with van der Waals surface area (Å²) in [5.74, 6) is -0.293. The van der Waals surface area contributed by atoms with E-state index < -0.39 is 11.6 Å². The molecule has 2 aliphatic rings. The molecule has 0 aromatic rings. The van der Waals surface area contributed by atoms with Crippen molar-refractivity contribution >= 4 is 11.8 Å². The summed E-state index contributed by atoms with van der Waals surface area (Å²) in [5.41, 5.74) is 4.97. The van der Waals surface area contributed by atoms with Crippen LogP contribution in [0.2, 0.25) is 0 Å². The summed E-state index contributed by atoms with van der Waals surface area (Å²) in [5, 5.41) is 3.33. The molecule has 2 atom stereocenters. The maximum absolute atomic E-state index is 12.7. The molecule has 102 valence electrons. The second-order valence-corrected chi connectivity index (χ2v) is 5.38. The first-order valence-electron chi connectivity index (χ1n) is 6.96. The van der Waals surface area contributed by atoms with E-state index in [1.807, 2.05) is 6.92 Å². The van der Waals surface area contributed by atoms with Crippen LogP contribution in [0.1, 0.15) is 45.4 Å². The summed E-state index contributed by atoms with van der Waals surface area (Å²) >= 11 is 0. The van der Waals surface area contributed by atoms with Crippen molar-refractivity contribution in [2.24, 2.45) is 5.73 Å². The lowest BCUT2D eigenvalue weighted by Gasteiger charge is -2.40. The summed E-state index contributed by atoms with van der Waals surface area (Å²) in [6, 6.07) is -0.405. The second-order valence-electron chi connectivity index (χ2n) is 5.38. The number of nitrogens with two attached hydrogens (primary N) is 1. The Morgan fingerprint density at radius 2 is 2.17 bits per heavy atom. The first-order chi connectivity index (χ1) is 8.60. The molecule has 2 amide bonds. The molecule has 0 spiro atoms. The van der Waals surface area contributed by atoms with Gasteiger partial charge in [-0.05, 0) is 45.1 Å². The third kappa shape index (κ3) is 2.23. The van der Waals surface area contributed by atoms with E-state index in [4.69, 9.17) is 5.73 Å².